The first kappa shape index (κ1) is 23.7. The molecule has 0 aliphatic carbocycles. The predicted molar refractivity (Wildman–Crippen MR) is 116 cm³/mol. The molecule has 1 aromatic rings. The molecule has 0 bridgehead atoms. The monoisotopic (exact) mass is 418 g/mol. The van der Waals surface area contributed by atoms with Gasteiger partial charge in [0.15, 0.2) is 0 Å². The number of ether oxygens (including phenoxy) is 1. The molecular formula is C22H34N4O4. The molecule has 0 radical (unpaired) electrons. The van der Waals surface area contributed by atoms with Crippen molar-refractivity contribution < 1.29 is 19.1 Å². The fourth-order valence-electron chi connectivity index (χ4n) is 3.33. The molecule has 1 atom stereocenters. The summed E-state index contributed by atoms with van der Waals surface area (Å²) in [6.45, 7) is 12.3. The maximum Gasteiger partial charge on any atom is 0.409 e. The highest BCUT2D eigenvalue weighted by Gasteiger charge is 2.27. The first-order chi connectivity index (χ1) is 14.2. The minimum atomic E-state index is -0.549. The van der Waals surface area contributed by atoms with Gasteiger partial charge in [-0.2, -0.15) is 0 Å². The van der Waals surface area contributed by atoms with Gasteiger partial charge in [-0.1, -0.05) is 31.5 Å². The third kappa shape index (κ3) is 7.02. The summed E-state index contributed by atoms with van der Waals surface area (Å²) in [5, 5.41) is 5.14. The van der Waals surface area contributed by atoms with Crippen LogP contribution in [-0.2, 0) is 9.53 Å². The predicted octanol–water partition coefficient (Wildman–Crippen LogP) is 3.14. The number of rotatable bonds is 5. The summed E-state index contributed by atoms with van der Waals surface area (Å²) in [7, 11) is 0. The normalized spacial score (nSPS) is 16.0. The number of nitrogens with one attached hydrogen (secondary N) is 2. The summed E-state index contributed by atoms with van der Waals surface area (Å²) in [4.78, 5) is 40.7. The van der Waals surface area contributed by atoms with Gasteiger partial charge in [0.1, 0.15) is 0 Å². The van der Waals surface area contributed by atoms with E-state index in [0.29, 0.717) is 38.5 Å². The highest BCUT2D eigenvalue weighted by Crippen LogP contribution is 2.16. The smallest absolute Gasteiger partial charge is 0.409 e. The Bertz CT molecular complexity index is 766. The van der Waals surface area contributed by atoms with Crippen molar-refractivity contribution in [2.24, 2.45) is 5.92 Å². The largest absolute Gasteiger partial charge is 0.449 e. The van der Waals surface area contributed by atoms with Crippen LogP contribution in [0.1, 0.15) is 38.3 Å². The lowest BCUT2D eigenvalue weighted by molar-refractivity contribution is -0.124. The number of amides is 4. The molecule has 1 heterocycles. The van der Waals surface area contributed by atoms with Gasteiger partial charge in [0.25, 0.3) is 0 Å². The Morgan fingerprint density at radius 3 is 2.47 bits per heavy atom. The molecule has 1 saturated heterocycles. The van der Waals surface area contributed by atoms with Gasteiger partial charge < -0.3 is 15.0 Å². The number of hydrogen-bond donors (Lipinski definition) is 2. The van der Waals surface area contributed by atoms with Crippen molar-refractivity contribution in [2.45, 2.75) is 47.1 Å². The Labute approximate surface area is 178 Å². The van der Waals surface area contributed by atoms with Crippen LogP contribution in [0, 0.1) is 19.8 Å². The first-order valence-electron chi connectivity index (χ1n) is 10.5. The molecule has 4 amide bonds. The van der Waals surface area contributed by atoms with E-state index < -0.39 is 12.1 Å². The van der Waals surface area contributed by atoms with E-state index in [1.807, 2.05) is 50.8 Å². The zero-order valence-electron chi connectivity index (χ0n) is 18.7. The van der Waals surface area contributed by atoms with Crippen LogP contribution >= 0.6 is 0 Å². The first-order valence-corrected chi connectivity index (χ1v) is 10.5. The lowest BCUT2D eigenvalue weighted by atomic mass is 10.1. The highest BCUT2D eigenvalue weighted by molar-refractivity contribution is 6.03. The third-order valence-electron chi connectivity index (χ3n) is 5.12. The van der Waals surface area contributed by atoms with Crippen LogP contribution in [0.3, 0.4) is 0 Å². The van der Waals surface area contributed by atoms with E-state index in [1.54, 1.807) is 11.8 Å². The number of hydrogen-bond acceptors (Lipinski definition) is 5. The third-order valence-corrected chi connectivity index (χ3v) is 5.12. The molecule has 1 aliphatic heterocycles. The summed E-state index contributed by atoms with van der Waals surface area (Å²) >= 11 is 0. The number of benzene rings is 1. The van der Waals surface area contributed by atoms with Crippen LogP contribution in [0.15, 0.2) is 18.2 Å². The number of imide groups is 1. The van der Waals surface area contributed by atoms with E-state index in [0.717, 1.165) is 17.5 Å². The van der Waals surface area contributed by atoms with Gasteiger partial charge in [-0.25, -0.2) is 9.59 Å². The SMILES string of the molecule is Cc1ccc(NC(=O)NC(=O)C(C)N2CCCN(C(=O)OCC(C)C)CC2)c(C)c1. The molecule has 0 spiro atoms. The Morgan fingerprint density at radius 2 is 1.80 bits per heavy atom. The highest BCUT2D eigenvalue weighted by atomic mass is 16.6. The van der Waals surface area contributed by atoms with Crippen molar-refractivity contribution in [1.29, 1.82) is 0 Å². The Morgan fingerprint density at radius 1 is 1.07 bits per heavy atom. The number of carbonyl (C=O) groups excluding carboxylic acids is 3. The molecule has 30 heavy (non-hydrogen) atoms. The van der Waals surface area contributed by atoms with Gasteiger partial charge in [-0.3, -0.25) is 15.0 Å². The zero-order chi connectivity index (χ0) is 22.3. The number of aryl methyl sites for hydroxylation is 2. The number of anilines is 1. The van der Waals surface area contributed by atoms with Gasteiger partial charge in [-0.05, 0) is 44.7 Å². The lowest BCUT2D eigenvalue weighted by Gasteiger charge is -2.26. The van der Waals surface area contributed by atoms with Crippen LogP contribution in [0.25, 0.3) is 0 Å². The van der Waals surface area contributed by atoms with Crippen LogP contribution in [0.4, 0.5) is 15.3 Å². The standard InChI is InChI=1S/C22H34N4O4/c1-15(2)14-30-22(29)26-10-6-9-25(11-12-26)18(5)20(27)24-21(28)23-19-8-7-16(3)13-17(19)4/h7-8,13,15,18H,6,9-12,14H2,1-5H3,(H2,23,24,27,28). The van der Waals surface area contributed by atoms with Gasteiger partial charge in [-0.15, -0.1) is 0 Å². The Kier molecular flexibility index (Phi) is 8.65. The maximum atomic E-state index is 12.6. The average molecular weight is 419 g/mol. The van der Waals surface area contributed by atoms with Crippen LogP contribution in [-0.4, -0.2) is 66.7 Å². The van der Waals surface area contributed by atoms with E-state index >= 15 is 0 Å². The van der Waals surface area contributed by atoms with Gasteiger partial charge in [0.05, 0.1) is 12.6 Å². The van der Waals surface area contributed by atoms with E-state index in [9.17, 15) is 14.4 Å². The summed E-state index contributed by atoms with van der Waals surface area (Å²) in [6.07, 6.45) is 0.430. The number of urea groups is 1. The molecule has 1 fully saturated rings. The average Bonchev–Trinajstić information content (AvgIpc) is 2.94. The zero-order valence-corrected chi connectivity index (χ0v) is 18.7. The van der Waals surface area contributed by atoms with E-state index in [1.165, 1.54) is 0 Å². The number of nitrogens with zero attached hydrogens (tertiary/aromatic N) is 2. The molecule has 2 N–H and O–H groups in total. The summed E-state index contributed by atoms with van der Waals surface area (Å²) < 4.78 is 5.30. The molecule has 1 aliphatic rings. The van der Waals surface area contributed by atoms with Crippen molar-refractivity contribution in [2.75, 3.05) is 38.1 Å². The minimum absolute atomic E-state index is 0.288. The van der Waals surface area contributed by atoms with Gasteiger partial charge >= 0.3 is 12.1 Å². The molecule has 1 aromatic carbocycles. The van der Waals surface area contributed by atoms with Crippen molar-refractivity contribution in [3.8, 4) is 0 Å². The number of carbonyl (C=O) groups is 3. The molecule has 8 heteroatoms. The van der Waals surface area contributed by atoms with Gasteiger partial charge in [0.2, 0.25) is 5.91 Å². The minimum Gasteiger partial charge on any atom is -0.449 e. The van der Waals surface area contributed by atoms with E-state index in [2.05, 4.69) is 10.6 Å². The Balaban J connectivity index is 1.85. The summed E-state index contributed by atoms with van der Waals surface area (Å²) in [5.74, 6) is -0.0795. The molecule has 0 saturated carbocycles. The van der Waals surface area contributed by atoms with Crippen LogP contribution < -0.4 is 10.6 Å². The van der Waals surface area contributed by atoms with Crippen molar-refractivity contribution in [3.63, 3.8) is 0 Å². The fraction of sp³-hybridized carbons (Fsp3) is 0.591. The maximum absolute atomic E-state index is 12.6. The molecule has 0 aromatic heterocycles. The van der Waals surface area contributed by atoms with Crippen molar-refractivity contribution in [1.82, 2.24) is 15.1 Å². The van der Waals surface area contributed by atoms with Crippen molar-refractivity contribution >= 4 is 23.7 Å². The second-order valence-electron chi connectivity index (χ2n) is 8.29. The van der Waals surface area contributed by atoms with Crippen molar-refractivity contribution in [3.05, 3.63) is 29.3 Å². The van der Waals surface area contributed by atoms with E-state index in [4.69, 9.17) is 4.74 Å². The van der Waals surface area contributed by atoms with Crippen LogP contribution in [0.5, 0.6) is 0 Å². The quantitative estimate of drug-likeness (QED) is 0.767. The lowest BCUT2D eigenvalue weighted by Crippen LogP contribution is -2.49. The molecule has 166 valence electrons. The van der Waals surface area contributed by atoms with Gasteiger partial charge in [0, 0.05) is 31.9 Å². The second kappa shape index (κ2) is 11.0. The molecule has 8 nitrogen and oxygen atoms in total. The molecular weight excluding hydrogens is 384 g/mol. The molecule has 2 rings (SSSR count). The second-order valence-corrected chi connectivity index (χ2v) is 8.29. The summed E-state index contributed by atoms with van der Waals surface area (Å²) in [5.41, 5.74) is 2.71. The summed E-state index contributed by atoms with van der Waals surface area (Å²) in [6, 6.07) is 4.66. The van der Waals surface area contributed by atoms with E-state index in [-0.39, 0.29) is 17.9 Å². The fourth-order valence-corrected chi connectivity index (χ4v) is 3.33. The Hall–Kier alpha value is -2.61. The topological polar surface area (TPSA) is 91.0 Å². The van der Waals surface area contributed by atoms with Crippen LogP contribution in [0.2, 0.25) is 0 Å². The molecule has 1 unspecified atom stereocenters.